The van der Waals surface area contributed by atoms with Crippen LogP contribution in [0.15, 0.2) is 24.4 Å². The molecule has 4 rings (SSSR count). The van der Waals surface area contributed by atoms with Crippen molar-refractivity contribution in [3.8, 4) is 0 Å². The Morgan fingerprint density at radius 2 is 2.30 bits per heavy atom. The predicted molar refractivity (Wildman–Crippen MR) is 79.7 cm³/mol. The lowest BCUT2D eigenvalue weighted by Crippen LogP contribution is -2.29. The zero-order valence-corrected chi connectivity index (χ0v) is 12.1. The SMILES string of the molecule is Cc1nc2ccccn2c1CN1CCC2(CCNC2)C1. The van der Waals surface area contributed by atoms with E-state index >= 15 is 0 Å². The Balaban J connectivity index is 1.58. The summed E-state index contributed by atoms with van der Waals surface area (Å²) in [6, 6.07) is 6.23. The van der Waals surface area contributed by atoms with Gasteiger partial charge < -0.3 is 9.72 Å². The number of imidazole rings is 1. The second-order valence-electron chi connectivity index (χ2n) is 6.46. The maximum Gasteiger partial charge on any atom is 0.137 e. The van der Waals surface area contributed by atoms with Crippen molar-refractivity contribution in [2.24, 2.45) is 5.41 Å². The largest absolute Gasteiger partial charge is 0.316 e. The van der Waals surface area contributed by atoms with Crippen LogP contribution in [0, 0.1) is 12.3 Å². The topological polar surface area (TPSA) is 32.6 Å². The highest BCUT2D eigenvalue weighted by Crippen LogP contribution is 2.36. The smallest absolute Gasteiger partial charge is 0.137 e. The number of rotatable bonds is 2. The number of hydrogen-bond donors (Lipinski definition) is 1. The molecule has 1 unspecified atom stereocenters. The zero-order valence-electron chi connectivity index (χ0n) is 12.1. The number of pyridine rings is 1. The van der Waals surface area contributed by atoms with Gasteiger partial charge in [-0.3, -0.25) is 4.90 Å². The van der Waals surface area contributed by atoms with Crippen molar-refractivity contribution in [1.29, 1.82) is 0 Å². The van der Waals surface area contributed by atoms with Crippen LogP contribution in [0.5, 0.6) is 0 Å². The quantitative estimate of drug-likeness (QED) is 0.903. The molecule has 0 aromatic carbocycles. The molecule has 2 aliphatic heterocycles. The van der Waals surface area contributed by atoms with E-state index in [9.17, 15) is 0 Å². The number of likely N-dealkylation sites (tertiary alicyclic amines) is 1. The van der Waals surface area contributed by atoms with Crippen LogP contribution in [0.4, 0.5) is 0 Å². The molecule has 1 spiro atoms. The predicted octanol–water partition coefficient (Wildman–Crippen LogP) is 1.83. The summed E-state index contributed by atoms with van der Waals surface area (Å²) in [6.07, 6.45) is 4.82. The Bertz CT molecular complexity index is 624. The van der Waals surface area contributed by atoms with Gasteiger partial charge in [0.05, 0.1) is 11.4 Å². The normalized spacial score (nSPS) is 27.1. The fourth-order valence-electron chi connectivity index (χ4n) is 3.87. The van der Waals surface area contributed by atoms with E-state index < -0.39 is 0 Å². The monoisotopic (exact) mass is 270 g/mol. The Kier molecular flexibility index (Phi) is 2.82. The molecule has 2 aromatic rings. The molecule has 4 heterocycles. The van der Waals surface area contributed by atoms with Crippen molar-refractivity contribution in [3.05, 3.63) is 35.8 Å². The molecule has 2 saturated heterocycles. The van der Waals surface area contributed by atoms with Crippen LogP contribution < -0.4 is 5.32 Å². The van der Waals surface area contributed by atoms with E-state index in [0.717, 1.165) is 12.2 Å². The first-order valence-electron chi connectivity index (χ1n) is 7.61. The molecule has 2 aliphatic rings. The van der Waals surface area contributed by atoms with E-state index in [4.69, 9.17) is 0 Å². The van der Waals surface area contributed by atoms with Gasteiger partial charge in [-0.2, -0.15) is 0 Å². The maximum absolute atomic E-state index is 4.67. The first kappa shape index (κ1) is 12.4. The Morgan fingerprint density at radius 3 is 3.15 bits per heavy atom. The average molecular weight is 270 g/mol. The molecule has 1 N–H and O–H groups in total. The minimum Gasteiger partial charge on any atom is -0.316 e. The van der Waals surface area contributed by atoms with Crippen LogP contribution in [-0.4, -0.2) is 40.5 Å². The van der Waals surface area contributed by atoms with E-state index in [1.807, 2.05) is 0 Å². The zero-order chi connectivity index (χ0) is 13.6. The fourth-order valence-corrected chi connectivity index (χ4v) is 3.87. The molecule has 0 radical (unpaired) electrons. The molecule has 2 aromatic heterocycles. The summed E-state index contributed by atoms with van der Waals surface area (Å²) in [7, 11) is 0. The molecule has 4 nitrogen and oxygen atoms in total. The van der Waals surface area contributed by atoms with E-state index in [1.165, 1.54) is 50.4 Å². The van der Waals surface area contributed by atoms with E-state index in [2.05, 4.69) is 50.9 Å². The average Bonchev–Trinajstić information content (AvgIpc) is 3.14. The highest BCUT2D eigenvalue weighted by molar-refractivity contribution is 5.42. The van der Waals surface area contributed by atoms with Gasteiger partial charge in [-0.1, -0.05) is 6.07 Å². The molecular formula is C16H22N4. The second-order valence-corrected chi connectivity index (χ2v) is 6.46. The van der Waals surface area contributed by atoms with Crippen molar-refractivity contribution >= 4 is 5.65 Å². The summed E-state index contributed by atoms with van der Waals surface area (Å²) >= 11 is 0. The van der Waals surface area contributed by atoms with Gasteiger partial charge in [0, 0.05) is 25.8 Å². The highest BCUT2D eigenvalue weighted by Gasteiger charge is 2.40. The molecule has 0 saturated carbocycles. The Labute approximate surface area is 119 Å². The number of aryl methyl sites for hydroxylation is 1. The first-order chi connectivity index (χ1) is 9.76. The lowest BCUT2D eigenvalue weighted by molar-refractivity contribution is 0.265. The van der Waals surface area contributed by atoms with Gasteiger partial charge in [-0.25, -0.2) is 4.98 Å². The van der Waals surface area contributed by atoms with Gasteiger partial charge in [0.25, 0.3) is 0 Å². The standard InChI is InChI=1S/C16H22N4/c1-13-14(20-8-3-2-4-15(20)18-13)10-19-9-6-16(12-19)5-7-17-11-16/h2-4,8,17H,5-7,9-12H2,1H3. The molecule has 1 atom stereocenters. The Hall–Kier alpha value is -1.39. The van der Waals surface area contributed by atoms with Crippen LogP contribution in [0.2, 0.25) is 0 Å². The van der Waals surface area contributed by atoms with Gasteiger partial charge in [0.2, 0.25) is 0 Å². The minimum absolute atomic E-state index is 0.550. The molecule has 0 bridgehead atoms. The van der Waals surface area contributed by atoms with Gasteiger partial charge in [-0.05, 0) is 50.4 Å². The van der Waals surface area contributed by atoms with Crippen molar-refractivity contribution in [2.45, 2.75) is 26.3 Å². The van der Waals surface area contributed by atoms with Crippen LogP contribution >= 0.6 is 0 Å². The third kappa shape index (κ3) is 1.95. The van der Waals surface area contributed by atoms with Gasteiger partial charge in [-0.15, -0.1) is 0 Å². The van der Waals surface area contributed by atoms with Crippen LogP contribution in [0.3, 0.4) is 0 Å². The summed E-state index contributed by atoms with van der Waals surface area (Å²) < 4.78 is 2.24. The van der Waals surface area contributed by atoms with Gasteiger partial charge >= 0.3 is 0 Å². The molecule has 2 fully saturated rings. The summed E-state index contributed by atoms with van der Waals surface area (Å²) in [6.45, 7) is 8.02. The second kappa shape index (κ2) is 4.57. The first-order valence-corrected chi connectivity index (χ1v) is 7.61. The molecule has 106 valence electrons. The molecule has 0 aliphatic carbocycles. The highest BCUT2D eigenvalue weighted by atomic mass is 15.2. The number of nitrogens with zero attached hydrogens (tertiary/aromatic N) is 3. The lowest BCUT2D eigenvalue weighted by Gasteiger charge is -2.22. The molecular weight excluding hydrogens is 248 g/mol. The summed E-state index contributed by atoms with van der Waals surface area (Å²) in [4.78, 5) is 7.28. The summed E-state index contributed by atoms with van der Waals surface area (Å²) in [5.41, 5.74) is 4.13. The van der Waals surface area contributed by atoms with Crippen molar-refractivity contribution in [2.75, 3.05) is 26.2 Å². The number of nitrogens with one attached hydrogen (secondary N) is 1. The number of fused-ring (bicyclic) bond motifs is 1. The third-order valence-electron chi connectivity index (χ3n) is 5.05. The minimum atomic E-state index is 0.550. The fraction of sp³-hybridized carbons (Fsp3) is 0.562. The van der Waals surface area contributed by atoms with Crippen molar-refractivity contribution in [1.82, 2.24) is 19.6 Å². The third-order valence-corrected chi connectivity index (χ3v) is 5.05. The summed E-state index contributed by atoms with van der Waals surface area (Å²) in [5.74, 6) is 0. The maximum atomic E-state index is 4.67. The van der Waals surface area contributed by atoms with Crippen LogP contribution in [0.1, 0.15) is 24.2 Å². The number of aromatic nitrogens is 2. The number of hydrogen-bond acceptors (Lipinski definition) is 3. The van der Waals surface area contributed by atoms with Gasteiger partial charge in [0.15, 0.2) is 0 Å². The van der Waals surface area contributed by atoms with Crippen LogP contribution in [0.25, 0.3) is 5.65 Å². The Morgan fingerprint density at radius 1 is 1.35 bits per heavy atom. The van der Waals surface area contributed by atoms with Crippen molar-refractivity contribution in [3.63, 3.8) is 0 Å². The molecule has 4 heteroatoms. The molecule has 20 heavy (non-hydrogen) atoms. The van der Waals surface area contributed by atoms with Crippen molar-refractivity contribution < 1.29 is 0 Å². The molecule has 0 amide bonds. The van der Waals surface area contributed by atoms with E-state index in [0.29, 0.717) is 5.41 Å². The van der Waals surface area contributed by atoms with E-state index in [1.54, 1.807) is 0 Å². The van der Waals surface area contributed by atoms with Gasteiger partial charge in [0.1, 0.15) is 5.65 Å². The summed E-state index contributed by atoms with van der Waals surface area (Å²) in [5, 5.41) is 3.53. The van der Waals surface area contributed by atoms with E-state index in [-0.39, 0.29) is 0 Å². The lowest BCUT2D eigenvalue weighted by atomic mass is 9.87. The van der Waals surface area contributed by atoms with Crippen LogP contribution in [-0.2, 0) is 6.54 Å².